The van der Waals surface area contributed by atoms with Gasteiger partial charge in [0, 0.05) is 19.7 Å². The first-order chi connectivity index (χ1) is 9.60. The van der Waals surface area contributed by atoms with Crippen LogP contribution in [0.1, 0.15) is 24.2 Å². The largest absolute Gasteiger partial charge is 0.341 e. The molecule has 116 valence electrons. The van der Waals surface area contributed by atoms with Gasteiger partial charge in [-0.1, -0.05) is 13.8 Å². The third-order valence-corrected chi connectivity index (χ3v) is 3.05. The Morgan fingerprint density at radius 1 is 1.43 bits per heavy atom. The van der Waals surface area contributed by atoms with Crippen LogP contribution in [0.3, 0.4) is 0 Å². The third kappa shape index (κ3) is 3.72. The number of amides is 1. The van der Waals surface area contributed by atoms with E-state index < -0.39 is 39.1 Å². The van der Waals surface area contributed by atoms with Crippen molar-refractivity contribution in [3.8, 4) is 0 Å². The van der Waals surface area contributed by atoms with Gasteiger partial charge in [-0.3, -0.25) is 14.9 Å². The lowest BCUT2D eigenvalue weighted by molar-refractivity contribution is -0.387. The fourth-order valence-electron chi connectivity index (χ4n) is 1.85. The van der Waals surface area contributed by atoms with Gasteiger partial charge in [-0.2, -0.15) is 4.39 Å². The Hall–Kier alpha value is -2.09. The maximum atomic E-state index is 14.0. The topological polar surface area (TPSA) is 89.5 Å². The molecule has 0 fully saturated rings. The van der Waals surface area contributed by atoms with Crippen LogP contribution < -0.4 is 5.73 Å². The highest BCUT2D eigenvalue weighted by Crippen LogP contribution is 2.25. The molecule has 0 spiro atoms. The van der Waals surface area contributed by atoms with E-state index in [4.69, 9.17) is 5.73 Å². The molecule has 0 radical (unpaired) electrons. The van der Waals surface area contributed by atoms with Crippen molar-refractivity contribution in [3.63, 3.8) is 0 Å². The van der Waals surface area contributed by atoms with Crippen LogP contribution >= 0.6 is 0 Å². The lowest BCUT2D eigenvalue weighted by Crippen LogP contribution is -2.40. The number of nitrogens with zero attached hydrogens (tertiary/aromatic N) is 2. The van der Waals surface area contributed by atoms with Crippen LogP contribution in [0.25, 0.3) is 0 Å². The minimum atomic E-state index is -1.47. The zero-order valence-corrected chi connectivity index (χ0v) is 12.0. The summed E-state index contributed by atoms with van der Waals surface area (Å²) in [5.74, 6) is -3.57. The summed E-state index contributed by atoms with van der Waals surface area (Å²) in [7, 11) is 1.36. The summed E-state index contributed by atoms with van der Waals surface area (Å²) >= 11 is 0. The highest BCUT2D eigenvalue weighted by Gasteiger charge is 2.30. The van der Waals surface area contributed by atoms with E-state index in [-0.39, 0.29) is 13.1 Å². The molecule has 0 saturated carbocycles. The maximum Gasteiger partial charge on any atom is 0.305 e. The molecule has 0 aliphatic heterocycles. The van der Waals surface area contributed by atoms with E-state index in [0.717, 1.165) is 4.90 Å². The van der Waals surface area contributed by atoms with E-state index in [9.17, 15) is 23.7 Å². The summed E-state index contributed by atoms with van der Waals surface area (Å²) < 4.78 is 27.6. The number of nitro benzene ring substituents is 1. The predicted octanol–water partition coefficient (Wildman–Crippen LogP) is 1.93. The van der Waals surface area contributed by atoms with E-state index in [1.807, 2.05) is 0 Å². The van der Waals surface area contributed by atoms with E-state index in [2.05, 4.69) is 0 Å². The molecule has 1 aromatic rings. The van der Waals surface area contributed by atoms with Crippen LogP contribution in [0.5, 0.6) is 0 Å². The fraction of sp³-hybridized carbons (Fsp3) is 0.462. The van der Waals surface area contributed by atoms with Crippen LogP contribution in [0, 0.1) is 27.2 Å². The molecule has 0 unspecified atom stereocenters. The molecule has 0 atom stereocenters. The molecule has 1 aromatic carbocycles. The minimum absolute atomic E-state index is 0.157. The van der Waals surface area contributed by atoms with Crippen molar-refractivity contribution in [3.05, 3.63) is 39.4 Å². The quantitative estimate of drug-likeness (QED) is 0.664. The number of nitrogens with two attached hydrogens (primary N) is 1. The minimum Gasteiger partial charge on any atom is -0.341 e. The fourth-order valence-corrected chi connectivity index (χ4v) is 1.85. The Labute approximate surface area is 120 Å². The first-order valence-corrected chi connectivity index (χ1v) is 6.18. The summed E-state index contributed by atoms with van der Waals surface area (Å²) in [5.41, 5.74) is 3.23. The molecule has 0 bridgehead atoms. The van der Waals surface area contributed by atoms with Crippen molar-refractivity contribution >= 4 is 11.6 Å². The van der Waals surface area contributed by atoms with Crippen molar-refractivity contribution in [1.29, 1.82) is 0 Å². The van der Waals surface area contributed by atoms with Crippen molar-refractivity contribution in [2.75, 3.05) is 20.1 Å². The second-order valence-corrected chi connectivity index (χ2v) is 5.54. The van der Waals surface area contributed by atoms with E-state index in [1.54, 1.807) is 13.8 Å². The number of hydrogen-bond acceptors (Lipinski definition) is 4. The number of hydrogen-bond donors (Lipinski definition) is 1. The van der Waals surface area contributed by atoms with Gasteiger partial charge in [-0.15, -0.1) is 0 Å². The second kappa shape index (κ2) is 6.13. The molecule has 0 aliphatic rings. The normalized spacial score (nSPS) is 11.3. The van der Waals surface area contributed by atoms with Crippen LogP contribution in [-0.2, 0) is 0 Å². The molecule has 21 heavy (non-hydrogen) atoms. The Bertz CT molecular complexity index is 576. The molecular weight excluding hydrogens is 284 g/mol. The number of carbonyl (C=O) groups excluding carboxylic acids is 1. The second-order valence-electron chi connectivity index (χ2n) is 5.54. The van der Waals surface area contributed by atoms with Crippen LogP contribution in [-0.4, -0.2) is 35.9 Å². The average Bonchev–Trinajstić information content (AvgIpc) is 2.37. The van der Waals surface area contributed by atoms with Crippen LogP contribution in [0.2, 0.25) is 0 Å². The molecule has 1 amide bonds. The molecule has 0 aliphatic carbocycles. The smallest absolute Gasteiger partial charge is 0.305 e. The van der Waals surface area contributed by atoms with Gasteiger partial charge in [-0.05, 0) is 18.0 Å². The molecule has 8 heteroatoms. The van der Waals surface area contributed by atoms with Crippen molar-refractivity contribution in [1.82, 2.24) is 4.90 Å². The highest BCUT2D eigenvalue weighted by molar-refractivity contribution is 5.95. The average molecular weight is 301 g/mol. The van der Waals surface area contributed by atoms with Crippen molar-refractivity contribution in [2.24, 2.45) is 11.1 Å². The van der Waals surface area contributed by atoms with Gasteiger partial charge in [-0.25, -0.2) is 4.39 Å². The Balaban J connectivity index is 3.18. The van der Waals surface area contributed by atoms with Gasteiger partial charge in [0.05, 0.1) is 4.92 Å². The molecule has 0 heterocycles. The first kappa shape index (κ1) is 17.0. The Morgan fingerprint density at radius 2 is 2.00 bits per heavy atom. The van der Waals surface area contributed by atoms with Crippen LogP contribution in [0.4, 0.5) is 14.5 Å². The monoisotopic (exact) mass is 301 g/mol. The summed E-state index contributed by atoms with van der Waals surface area (Å²) in [4.78, 5) is 22.9. The maximum absolute atomic E-state index is 14.0. The molecule has 0 saturated heterocycles. The lowest BCUT2D eigenvalue weighted by Gasteiger charge is -2.29. The molecule has 0 aromatic heterocycles. The highest BCUT2D eigenvalue weighted by atomic mass is 19.1. The molecule has 6 nitrogen and oxygen atoms in total. The number of carbonyl (C=O) groups is 1. The van der Waals surface area contributed by atoms with E-state index in [0.29, 0.717) is 12.1 Å². The Morgan fingerprint density at radius 3 is 2.48 bits per heavy atom. The van der Waals surface area contributed by atoms with Gasteiger partial charge in [0.15, 0.2) is 0 Å². The SMILES string of the molecule is CN(CC(C)(C)CN)C(=O)c1c(F)ccc([N+](=O)[O-])c1F. The number of benzene rings is 1. The van der Waals surface area contributed by atoms with Crippen molar-refractivity contribution < 1.29 is 18.5 Å². The predicted molar refractivity (Wildman–Crippen MR) is 72.8 cm³/mol. The zero-order valence-electron chi connectivity index (χ0n) is 12.0. The van der Waals surface area contributed by atoms with Gasteiger partial charge in [0.1, 0.15) is 11.4 Å². The van der Waals surface area contributed by atoms with Crippen LogP contribution in [0.15, 0.2) is 12.1 Å². The third-order valence-electron chi connectivity index (χ3n) is 3.05. The number of nitro groups is 1. The zero-order chi connectivity index (χ0) is 16.4. The molecule has 2 N–H and O–H groups in total. The standard InChI is InChI=1S/C13H17F2N3O3/c1-13(2,6-16)7-17(3)12(19)10-8(14)4-5-9(11(10)15)18(20)21/h4-5H,6-7,16H2,1-3H3. The van der Waals surface area contributed by atoms with Gasteiger partial charge in [0.2, 0.25) is 5.82 Å². The summed E-state index contributed by atoms with van der Waals surface area (Å²) in [6.45, 7) is 4.00. The van der Waals surface area contributed by atoms with Crippen molar-refractivity contribution in [2.45, 2.75) is 13.8 Å². The summed E-state index contributed by atoms with van der Waals surface area (Å²) in [5, 5.41) is 10.7. The van der Waals surface area contributed by atoms with E-state index in [1.165, 1.54) is 7.05 Å². The summed E-state index contributed by atoms with van der Waals surface area (Å²) in [6, 6.07) is 1.39. The number of rotatable bonds is 5. The Kier molecular flexibility index (Phi) is 4.95. The molecule has 1 rings (SSSR count). The lowest BCUT2D eigenvalue weighted by atomic mass is 9.93. The van der Waals surface area contributed by atoms with Gasteiger partial charge in [0.25, 0.3) is 5.91 Å². The van der Waals surface area contributed by atoms with Gasteiger partial charge < -0.3 is 10.6 Å². The summed E-state index contributed by atoms with van der Waals surface area (Å²) in [6.07, 6.45) is 0. The number of halogens is 2. The first-order valence-electron chi connectivity index (χ1n) is 6.18. The van der Waals surface area contributed by atoms with E-state index >= 15 is 0 Å². The molecular formula is C13H17F2N3O3. The van der Waals surface area contributed by atoms with Gasteiger partial charge >= 0.3 is 5.69 Å².